The van der Waals surface area contributed by atoms with Crippen LogP contribution in [0.15, 0.2) is 77.8 Å². The average Bonchev–Trinajstić information content (AvgIpc) is 2.62. The number of aromatic nitrogens is 1. The van der Waals surface area contributed by atoms with Gasteiger partial charge in [-0.2, -0.15) is 0 Å². The molecule has 128 valence electrons. The Balaban J connectivity index is 1.65. The molecule has 0 amide bonds. The van der Waals surface area contributed by atoms with E-state index in [9.17, 15) is 8.42 Å². The molecule has 0 saturated heterocycles. The van der Waals surface area contributed by atoms with Crippen LogP contribution in [0.5, 0.6) is 0 Å². The van der Waals surface area contributed by atoms with Gasteiger partial charge < -0.3 is 5.32 Å². The summed E-state index contributed by atoms with van der Waals surface area (Å²) in [6.07, 6.45) is 1.50. The van der Waals surface area contributed by atoms with Gasteiger partial charge in [0.2, 0.25) is 0 Å². The molecule has 3 rings (SSSR count). The van der Waals surface area contributed by atoms with Crippen LogP contribution in [-0.4, -0.2) is 13.4 Å². The van der Waals surface area contributed by atoms with Gasteiger partial charge in [-0.1, -0.05) is 48.0 Å². The molecule has 0 aliphatic heterocycles. The highest BCUT2D eigenvalue weighted by molar-refractivity contribution is 7.92. The normalized spacial score (nSPS) is 11.1. The van der Waals surface area contributed by atoms with E-state index in [-0.39, 0.29) is 4.90 Å². The Labute approximate surface area is 147 Å². The number of hydrogen-bond donors (Lipinski definition) is 2. The molecule has 0 fully saturated rings. The van der Waals surface area contributed by atoms with Crippen LogP contribution < -0.4 is 10.0 Å². The third kappa shape index (κ3) is 4.58. The van der Waals surface area contributed by atoms with E-state index in [1.165, 1.54) is 6.20 Å². The largest absolute Gasteiger partial charge is 0.366 e. The summed E-state index contributed by atoms with van der Waals surface area (Å²) < 4.78 is 27.2. The van der Waals surface area contributed by atoms with Crippen molar-refractivity contribution in [2.75, 3.05) is 10.0 Å². The highest BCUT2D eigenvalue weighted by Crippen LogP contribution is 2.17. The first-order chi connectivity index (χ1) is 12.0. The van der Waals surface area contributed by atoms with E-state index in [2.05, 4.69) is 15.0 Å². The summed E-state index contributed by atoms with van der Waals surface area (Å²) in [5.74, 6) is 0.683. The van der Waals surface area contributed by atoms with Crippen LogP contribution >= 0.6 is 0 Å². The Morgan fingerprint density at radius 2 is 1.64 bits per heavy atom. The van der Waals surface area contributed by atoms with Crippen molar-refractivity contribution in [1.29, 1.82) is 0 Å². The van der Waals surface area contributed by atoms with E-state index < -0.39 is 10.0 Å². The van der Waals surface area contributed by atoms with Crippen molar-refractivity contribution in [3.63, 3.8) is 0 Å². The van der Waals surface area contributed by atoms with E-state index >= 15 is 0 Å². The maximum Gasteiger partial charge on any atom is 0.261 e. The molecule has 6 heteroatoms. The van der Waals surface area contributed by atoms with Gasteiger partial charge in [-0.25, -0.2) is 13.4 Å². The molecule has 5 nitrogen and oxygen atoms in total. The second-order valence-corrected chi connectivity index (χ2v) is 7.37. The van der Waals surface area contributed by atoms with Crippen LogP contribution in [0.1, 0.15) is 11.1 Å². The molecule has 0 spiro atoms. The Morgan fingerprint density at radius 1 is 0.920 bits per heavy atom. The van der Waals surface area contributed by atoms with Crippen LogP contribution in [0.4, 0.5) is 11.5 Å². The van der Waals surface area contributed by atoms with Crippen molar-refractivity contribution in [3.8, 4) is 0 Å². The molecule has 2 aromatic carbocycles. The van der Waals surface area contributed by atoms with Crippen LogP contribution in [-0.2, 0) is 16.6 Å². The van der Waals surface area contributed by atoms with E-state index in [0.717, 1.165) is 11.1 Å². The summed E-state index contributed by atoms with van der Waals surface area (Å²) in [5, 5.41) is 3.20. The van der Waals surface area contributed by atoms with E-state index in [1.807, 2.05) is 37.3 Å². The number of benzene rings is 2. The number of nitrogens with zero attached hydrogens (tertiary/aromatic N) is 1. The molecule has 0 aliphatic carbocycles. The standard InChI is InChI=1S/C19H19N3O2S/c1-15-7-10-18(11-8-15)25(23,24)22-17-9-12-19(21-14-17)20-13-16-5-3-2-4-6-16/h2-12,14,22H,13H2,1H3,(H,20,21). The van der Waals surface area contributed by atoms with Crippen LogP contribution in [0.3, 0.4) is 0 Å². The first-order valence-corrected chi connectivity index (χ1v) is 9.35. The maximum absolute atomic E-state index is 12.4. The summed E-state index contributed by atoms with van der Waals surface area (Å²) in [7, 11) is -3.61. The summed E-state index contributed by atoms with van der Waals surface area (Å²) in [5.41, 5.74) is 2.58. The Morgan fingerprint density at radius 3 is 2.28 bits per heavy atom. The SMILES string of the molecule is Cc1ccc(S(=O)(=O)Nc2ccc(NCc3ccccc3)nc2)cc1. The van der Waals surface area contributed by atoms with Gasteiger partial charge in [0.1, 0.15) is 5.82 Å². The third-order valence-electron chi connectivity index (χ3n) is 3.66. The first kappa shape index (κ1) is 17.0. The summed E-state index contributed by atoms with van der Waals surface area (Å²) >= 11 is 0. The minimum Gasteiger partial charge on any atom is -0.366 e. The zero-order valence-corrected chi connectivity index (χ0v) is 14.6. The van der Waals surface area contributed by atoms with Crippen LogP contribution in [0.2, 0.25) is 0 Å². The lowest BCUT2D eigenvalue weighted by Gasteiger charge is -2.09. The first-order valence-electron chi connectivity index (χ1n) is 7.86. The number of rotatable bonds is 6. The number of hydrogen-bond acceptors (Lipinski definition) is 4. The Kier molecular flexibility index (Phi) is 5.00. The second-order valence-electron chi connectivity index (χ2n) is 5.69. The van der Waals surface area contributed by atoms with Gasteiger partial charge in [0.15, 0.2) is 0 Å². The molecule has 25 heavy (non-hydrogen) atoms. The minimum absolute atomic E-state index is 0.226. The van der Waals surface area contributed by atoms with E-state index in [1.54, 1.807) is 36.4 Å². The van der Waals surface area contributed by atoms with Gasteiger partial charge in [0.25, 0.3) is 10.0 Å². The molecule has 3 aromatic rings. The summed E-state index contributed by atoms with van der Waals surface area (Å²) in [6.45, 7) is 2.57. The number of anilines is 2. The second kappa shape index (κ2) is 7.36. The minimum atomic E-state index is -3.61. The number of aryl methyl sites for hydroxylation is 1. The fourth-order valence-corrected chi connectivity index (χ4v) is 3.32. The van der Waals surface area contributed by atoms with Crippen molar-refractivity contribution in [3.05, 3.63) is 84.1 Å². The van der Waals surface area contributed by atoms with Gasteiger partial charge in [0.05, 0.1) is 16.8 Å². The van der Waals surface area contributed by atoms with Crippen molar-refractivity contribution in [2.45, 2.75) is 18.4 Å². The molecular weight excluding hydrogens is 334 g/mol. The van der Waals surface area contributed by atoms with Crippen LogP contribution in [0, 0.1) is 6.92 Å². The monoisotopic (exact) mass is 353 g/mol. The fourth-order valence-electron chi connectivity index (χ4n) is 2.28. The highest BCUT2D eigenvalue weighted by Gasteiger charge is 2.13. The van der Waals surface area contributed by atoms with Crippen LogP contribution in [0.25, 0.3) is 0 Å². The van der Waals surface area contributed by atoms with Crippen molar-refractivity contribution in [1.82, 2.24) is 4.98 Å². The molecule has 1 aromatic heterocycles. The predicted molar refractivity (Wildman–Crippen MR) is 100.0 cm³/mol. The summed E-state index contributed by atoms with van der Waals surface area (Å²) in [6, 6.07) is 20.1. The van der Waals surface area contributed by atoms with Crippen molar-refractivity contribution in [2.24, 2.45) is 0 Å². The maximum atomic E-state index is 12.4. The van der Waals surface area contributed by atoms with E-state index in [0.29, 0.717) is 18.1 Å². The quantitative estimate of drug-likeness (QED) is 0.707. The Hall–Kier alpha value is -2.86. The Bertz CT molecular complexity index is 923. The molecule has 2 N–H and O–H groups in total. The zero-order chi connectivity index (χ0) is 17.7. The number of pyridine rings is 1. The lowest BCUT2D eigenvalue weighted by atomic mass is 10.2. The van der Waals surface area contributed by atoms with Crippen molar-refractivity contribution < 1.29 is 8.42 Å². The molecule has 0 saturated carbocycles. The van der Waals surface area contributed by atoms with Gasteiger partial charge >= 0.3 is 0 Å². The number of nitrogens with one attached hydrogen (secondary N) is 2. The smallest absolute Gasteiger partial charge is 0.261 e. The van der Waals surface area contributed by atoms with Gasteiger partial charge in [0, 0.05) is 6.54 Å². The molecule has 0 aliphatic rings. The fraction of sp³-hybridized carbons (Fsp3) is 0.105. The molecule has 0 unspecified atom stereocenters. The van der Waals surface area contributed by atoms with Gasteiger partial charge in [-0.05, 0) is 36.8 Å². The molecule has 0 bridgehead atoms. The number of sulfonamides is 1. The lowest BCUT2D eigenvalue weighted by Crippen LogP contribution is -2.13. The van der Waals surface area contributed by atoms with E-state index in [4.69, 9.17) is 0 Å². The van der Waals surface area contributed by atoms with Gasteiger partial charge in [-0.15, -0.1) is 0 Å². The lowest BCUT2D eigenvalue weighted by molar-refractivity contribution is 0.601. The summed E-state index contributed by atoms with van der Waals surface area (Å²) in [4.78, 5) is 4.47. The average molecular weight is 353 g/mol. The predicted octanol–water partition coefficient (Wildman–Crippen LogP) is 3.80. The topological polar surface area (TPSA) is 71.1 Å². The van der Waals surface area contributed by atoms with Gasteiger partial charge in [-0.3, -0.25) is 4.72 Å². The zero-order valence-electron chi connectivity index (χ0n) is 13.8. The van der Waals surface area contributed by atoms with Crippen molar-refractivity contribution >= 4 is 21.5 Å². The highest BCUT2D eigenvalue weighted by atomic mass is 32.2. The molecule has 0 radical (unpaired) electrons. The molecule has 1 heterocycles. The third-order valence-corrected chi connectivity index (χ3v) is 5.06. The molecular formula is C19H19N3O2S. The molecule has 0 atom stereocenters.